The van der Waals surface area contributed by atoms with E-state index < -0.39 is 57.8 Å². The fraction of sp³-hybridized carbons (Fsp3) is 0.269. The summed E-state index contributed by atoms with van der Waals surface area (Å²) in [5.41, 5.74) is -5.12. The number of carbonyl (C=O) groups is 2. The molecular formula is C26H21F7N2O3. The van der Waals surface area contributed by atoms with Gasteiger partial charge in [-0.1, -0.05) is 6.07 Å². The Hall–Kier alpha value is -3.96. The van der Waals surface area contributed by atoms with Gasteiger partial charge in [-0.15, -0.1) is 0 Å². The van der Waals surface area contributed by atoms with Gasteiger partial charge in [0.15, 0.2) is 0 Å². The number of carbonyl (C=O) groups excluding carboxylic acids is 1. The van der Waals surface area contributed by atoms with Crippen LogP contribution in [0.4, 0.5) is 36.4 Å². The molecule has 0 atom stereocenters. The summed E-state index contributed by atoms with van der Waals surface area (Å²) in [6, 6.07) is 5.71. The van der Waals surface area contributed by atoms with Crippen molar-refractivity contribution in [3.8, 4) is 11.1 Å². The van der Waals surface area contributed by atoms with Crippen LogP contribution in [0.15, 0.2) is 48.7 Å². The van der Waals surface area contributed by atoms with Crippen molar-refractivity contribution in [2.75, 3.05) is 11.9 Å². The van der Waals surface area contributed by atoms with Gasteiger partial charge >= 0.3 is 18.3 Å². The Bertz CT molecular complexity index is 1380. The second-order valence-corrected chi connectivity index (χ2v) is 9.13. The van der Waals surface area contributed by atoms with Crippen LogP contribution in [0.2, 0.25) is 0 Å². The summed E-state index contributed by atoms with van der Waals surface area (Å²) in [5.74, 6) is -2.87. The molecule has 3 rings (SSSR count). The number of hydrogen-bond acceptors (Lipinski definition) is 3. The van der Waals surface area contributed by atoms with Gasteiger partial charge in [0.05, 0.1) is 28.4 Å². The van der Waals surface area contributed by atoms with Crippen LogP contribution in [0.25, 0.3) is 11.1 Å². The molecule has 0 aliphatic carbocycles. The van der Waals surface area contributed by atoms with E-state index in [0.29, 0.717) is 23.3 Å². The topological polar surface area (TPSA) is 70.5 Å². The zero-order chi connectivity index (χ0) is 28.8. The summed E-state index contributed by atoms with van der Waals surface area (Å²) >= 11 is 0. The number of carboxylic acids is 1. The van der Waals surface area contributed by atoms with Crippen LogP contribution in [-0.4, -0.2) is 29.0 Å². The van der Waals surface area contributed by atoms with Crippen molar-refractivity contribution in [1.82, 2.24) is 4.98 Å². The standard InChI is InChI=1S/C26H21F7N2O3/c1-13-7-17(27)5-6-18(13)19-11-20(22(36)37)34-12-21(19)35(4)23(38)24(2,3)14-8-15(25(28,29)30)10-16(9-14)26(31,32)33/h5-12H,1-4H3,(H,36,37). The largest absolute Gasteiger partial charge is 0.477 e. The molecule has 202 valence electrons. The van der Waals surface area contributed by atoms with E-state index in [0.717, 1.165) is 23.2 Å². The summed E-state index contributed by atoms with van der Waals surface area (Å²) in [6.45, 7) is 3.88. The Morgan fingerprint density at radius 3 is 1.84 bits per heavy atom. The van der Waals surface area contributed by atoms with Crippen molar-refractivity contribution in [2.24, 2.45) is 0 Å². The van der Waals surface area contributed by atoms with Gasteiger partial charge in [0.2, 0.25) is 5.91 Å². The van der Waals surface area contributed by atoms with Crippen molar-refractivity contribution < 1.29 is 45.4 Å². The highest BCUT2D eigenvalue weighted by Gasteiger charge is 2.41. The third kappa shape index (κ3) is 5.63. The fourth-order valence-electron chi connectivity index (χ4n) is 3.95. The lowest BCUT2D eigenvalue weighted by Gasteiger charge is -2.32. The molecule has 38 heavy (non-hydrogen) atoms. The molecule has 3 aromatic rings. The number of benzene rings is 2. The molecule has 12 heteroatoms. The van der Waals surface area contributed by atoms with Crippen molar-refractivity contribution in [2.45, 2.75) is 38.5 Å². The zero-order valence-electron chi connectivity index (χ0n) is 20.4. The number of nitrogens with zero attached hydrogens (tertiary/aromatic N) is 2. The summed E-state index contributed by atoms with van der Waals surface area (Å²) in [5, 5.41) is 9.38. The van der Waals surface area contributed by atoms with E-state index >= 15 is 0 Å². The van der Waals surface area contributed by atoms with Crippen LogP contribution in [0.5, 0.6) is 0 Å². The van der Waals surface area contributed by atoms with E-state index in [1.54, 1.807) is 0 Å². The van der Waals surface area contributed by atoms with E-state index in [2.05, 4.69) is 4.98 Å². The summed E-state index contributed by atoms with van der Waals surface area (Å²) in [7, 11) is 1.22. The van der Waals surface area contributed by atoms with Gasteiger partial charge in [-0.25, -0.2) is 14.2 Å². The minimum atomic E-state index is -5.11. The fourth-order valence-corrected chi connectivity index (χ4v) is 3.95. The Morgan fingerprint density at radius 2 is 1.37 bits per heavy atom. The van der Waals surface area contributed by atoms with Crippen LogP contribution >= 0.6 is 0 Å². The Kier molecular flexibility index (Phi) is 7.33. The number of halogens is 7. The minimum absolute atomic E-state index is 0.00537. The highest BCUT2D eigenvalue weighted by molar-refractivity contribution is 6.03. The summed E-state index contributed by atoms with van der Waals surface area (Å²) < 4.78 is 94.2. The molecule has 1 aromatic heterocycles. The average molecular weight is 542 g/mol. The van der Waals surface area contributed by atoms with Crippen molar-refractivity contribution in [1.29, 1.82) is 0 Å². The van der Waals surface area contributed by atoms with Gasteiger partial charge in [0.1, 0.15) is 11.5 Å². The second-order valence-electron chi connectivity index (χ2n) is 9.13. The van der Waals surface area contributed by atoms with Gasteiger partial charge in [-0.2, -0.15) is 26.3 Å². The molecule has 2 aromatic carbocycles. The molecule has 1 heterocycles. The summed E-state index contributed by atoms with van der Waals surface area (Å²) in [6.07, 6.45) is -9.17. The quantitative estimate of drug-likeness (QED) is 0.357. The lowest BCUT2D eigenvalue weighted by atomic mass is 9.81. The SMILES string of the molecule is Cc1cc(F)ccc1-c1cc(C(=O)O)ncc1N(C)C(=O)C(C)(C)c1cc(C(F)(F)F)cc(C(F)(F)F)c1. The minimum Gasteiger partial charge on any atom is -0.477 e. The number of aryl methyl sites for hydroxylation is 1. The monoisotopic (exact) mass is 542 g/mol. The highest BCUT2D eigenvalue weighted by atomic mass is 19.4. The van der Waals surface area contributed by atoms with Gasteiger partial charge in [0, 0.05) is 12.6 Å². The number of alkyl halides is 6. The molecule has 0 saturated carbocycles. The molecule has 0 radical (unpaired) electrons. The molecule has 0 fully saturated rings. The number of anilines is 1. The Balaban J connectivity index is 2.18. The maximum atomic E-state index is 13.7. The molecule has 1 N–H and O–H groups in total. The van der Waals surface area contributed by atoms with E-state index in [9.17, 15) is 45.4 Å². The number of aromatic carboxylic acids is 1. The van der Waals surface area contributed by atoms with E-state index in [-0.39, 0.29) is 17.3 Å². The van der Waals surface area contributed by atoms with Crippen LogP contribution in [0.3, 0.4) is 0 Å². The van der Waals surface area contributed by atoms with E-state index in [4.69, 9.17) is 0 Å². The lowest BCUT2D eigenvalue weighted by molar-refractivity contribution is -0.143. The molecule has 5 nitrogen and oxygen atoms in total. The predicted octanol–water partition coefficient (Wildman–Crippen LogP) is 6.87. The van der Waals surface area contributed by atoms with Gasteiger partial charge in [-0.3, -0.25) is 4.79 Å². The molecule has 1 amide bonds. The second kappa shape index (κ2) is 9.73. The van der Waals surface area contributed by atoms with Crippen molar-refractivity contribution in [3.63, 3.8) is 0 Å². The number of pyridine rings is 1. The third-order valence-electron chi connectivity index (χ3n) is 6.09. The van der Waals surface area contributed by atoms with Gasteiger partial charge in [0.25, 0.3) is 0 Å². The van der Waals surface area contributed by atoms with Crippen molar-refractivity contribution in [3.05, 3.63) is 82.4 Å². The Morgan fingerprint density at radius 1 is 0.842 bits per heavy atom. The van der Waals surface area contributed by atoms with E-state index in [1.165, 1.54) is 40.0 Å². The zero-order valence-corrected chi connectivity index (χ0v) is 20.4. The molecule has 0 aliphatic heterocycles. The Labute approximate surface area is 212 Å². The number of carboxylic acid groups (broad SMARTS) is 1. The molecule has 0 saturated heterocycles. The molecule has 0 spiro atoms. The maximum Gasteiger partial charge on any atom is 0.416 e. The first kappa shape index (κ1) is 28.6. The number of amides is 1. The molecule has 0 bridgehead atoms. The maximum absolute atomic E-state index is 13.7. The highest BCUT2D eigenvalue weighted by Crippen LogP contribution is 2.41. The van der Waals surface area contributed by atoms with Crippen LogP contribution in [0.1, 0.15) is 46.6 Å². The van der Waals surface area contributed by atoms with Gasteiger partial charge < -0.3 is 10.0 Å². The molecule has 0 aliphatic rings. The van der Waals surface area contributed by atoms with Crippen LogP contribution in [-0.2, 0) is 22.6 Å². The third-order valence-corrected chi connectivity index (χ3v) is 6.09. The normalized spacial score (nSPS) is 12.4. The lowest BCUT2D eigenvalue weighted by Crippen LogP contribution is -2.42. The number of rotatable bonds is 5. The first-order valence-electron chi connectivity index (χ1n) is 10.9. The average Bonchev–Trinajstić information content (AvgIpc) is 2.81. The molecule has 0 unspecified atom stereocenters. The first-order valence-corrected chi connectivity index (χ1v) is 10.9. The number of aromatic nitrogens is 1. The molecular weight excluding hydrogens is 521 g/mol. The number of hydrogen-bond donors (Lipinski definition) is 1. The first-order chi connectivity index (χ1) is 17.3. The smallest absolute Gasteiger partial charge is 0.416 e. The van der Waals surface area contributed by atoms with Gasteiger partial charge in [-0.05, 0) is 73.9 Å². The number of likely N-dealkylation sites (N-methyl/N-ethyl adjacent to an activating group) is 1. The van der Waals surface area contributed by atoms with Crippen molar-refractivity contribution >= 4 is 17.6 Å². The van der Waals surface area contributed by atoms with E-state index in [1.807, 2.05) is 0 Å². The van der Waals surface area contributed by atoms with Crippen LogP contribution in [0, 0.1) is 12.7 Å². The van der Waals surface area contributed by atoms with Crippen LogP contribution < -0.4 is 4.90 Å². The summed E-state index contributed by atoms with van der Waals surface area (Å²) in [4.78, 5) is 29.9. The predicted molar refractivity (Wildman–Crippen MR) is 124 cm³/mol.